The third-order valence-electron chi connectivity index (χ3n) is 4.18. The predicted octanol–water partition coefficient (Wildman–Crippen LogP) is 2.04. The fraction of sp³-hybridized carbons (Fsp3) is 0.438. The minimum absolute atomic E-state index is 0.198. The average Bonchev–Trinajstić information content (AvgIpc) is 3.19. The molecule has 7 heteroatoms. The summed E-state index contributed by atoms with van der Waals surface area (Å²) in [6, 6.07) is 8.41. The molecule has 0 spiro atoms. The van der Waals surface area contributed by atoms with Crippen LogP contribution in [0.2, 0.25) is 0 Å². The Labute approximate surface area is 138 Å². The van der Waals surface area contributed by atoms with Crippen molar-refractivity contribution in [1.29, 1.82) is 0 Å². The first kappa shape index (κ1) is 14.7. The molecule has 23 heavy (non-hydrogen) atoms. The highest BCUT2D eigenvalue weighted by Crippen LogP contribution is 2.23. The molecule has 1 atom stereocenters. The number of aromatic nitrogens is 3. The summed E-state index contributed by atoms with van der Waals surface area (Å²) in [5.74, 6) is 1.47. The minimum atomic E-state index is 0.198. The maximum absolute atomic E-state index is 5.42. The maximum atomic E-state index is 5.42. The van der Waals surface area contributed by atoms with Gasteiger partial charge in [0.1, 0.15) is 0 Å². The van der Waals surface area contributed by atoms with Crippen LogP contribution >= 0.6 is 11.3 Å². The molecule has 0 amide bonds. The predicted molar refractivity (Wildman–Crippen MR) is 89.6 cm³/mol. The molecule has 0 aliphatic carbocycles. The van der Waals surface area contributed by atoms with Gasteiger partial charge in [-0.3, -0.25) is 4.90 Å². The van der Waals surface area contributed by atoms with Gasteiger partial charge in [-0.1, -0.05) is 17.3 Å². The van der Waals surface area contributed by atoms with Gasteiger partial charge in [0, 0.05) is 32.5 Å². The van der Waals surface area contributed by atoms with Crippen molar-refractivity contribution >= 4 is 21.6 Å². The lowest BCUT2D eigenvalue weighted by molar-refractivity contribution is 0.190. The van der Waals surface area contributed by atoms with Crippen LogP contribution < -0.4 is 5.32 Å². The zero-order chi connectivity index (χ0) is 15.6. The van der Waals surface area contributed by atoms with Crippen molar-refractivity contribution in [3.05, 3.63) is 41.0 Å². The van der Waals surface area contributed by atoms with Crippen LogP contribution in [-0.2, 0) is 12.8 Å². The molecule has 1 aliphatic heterocycles. The van der Waals surface area contributed by atoms with Crippen molar-refractivity contribution < 1.29 is 4.52 Å². The Morgan fingerprint density at radius 2 is 2.22 bits per heavy atom. The standard InChI is InChI=1S/C16H19N5OS/c1-21-9-8-17-10-12(21)16-19-14(22-20-16)6-7-15-18-11-4-2-3-5-13(11)23-15/h2-5,12,17H,6-10H2,1H3. The Hall–Kier alpha value is -1.83. The van der Waals surface area contributed by atoms with Crippen molar-refractivity contribution in [3.8, 4) is 0 Å². The number of benzene rings is 1. The largest absolute Gasteiger partial charge is 0.339 e. The van der Waals surface area contributed by atoms with E-state index in [4.69, 9.17) is 4.52 Å². The van der Waals surface area contributed by atoms with Crippen LogP contribution in [0.15, 0.2) is 28.8 Å². The summed E-state index contributed by atoms with van der Waals surface area (Å²) >= 11 is 1.73. The van der Waals surface area contributed by atoms with E-state index in [0.717, 1.165) is 48.8 Å². The highest BCUT2D eigenvalue weighted by molar-refractivity contribution is 7.18. The topological polar surface area (TPSA) is 67.1 Å². The molecule has 1 unspecified atom stereocenters. The second-order valence-corrected chi connectivity index (χ2v) is 6.94. The number of likely N-dealkylation sites (N-methyl/N-ethyl adjacent to an activating group) is 1. The van der Waals surface area contributed by atoms with Crippen LogP contribution in [0.25, 0.3) is 10.2 Å². The molecule has 6 nitrogen and oxygen atoms in total. The molecule has 1 fully saturated rings. The molecule has 0 radical (unpaired) electrons. The summed E-state index contributed by atoms with van der Waals surface area (Å²) in [6.45, 7) is 2.88. The molecule has 1 N–H and O–H groups in total. The maximum Gasteiger partial charge on any atom is 0.227 e. The summed E-state index contributed by atoms with van der Waals surface area (Å²) in [7, 11) is 2.10. The van der Waals surface area contributed by atoms with Crippen molar-refractivity contribution in [3.63, 3.8) is 0 Å². The summed E-state index contributed by atoms with van der Waals surface area (Å²) in [5.41, 5.74) is 1.06. The van der Waals surface area contributed by atoms with E-state index in [1.54, 1.807) is 11.3 Å². The first-order valence-corrected chi connectivity index (χ1v) is 8.69. The lowest BCUT2D eigenvalue weighted by atomic mass is 10.2. The Morgan fingerprint density at radius 3 is 3.09 bits per heavy atom. The van der Waals surface area contributed by atoms with Crippen molar-refractivity contribution in [2.75, 3.05) is 26.7 Å². The third kappa shape index (κ3) is 3.12. The van der Waals surface area contributed by atoms with Crippen LogP contribution in [0.1, 0.15) is 22.8 Å². The number of hydrogen-bond donors (Lipinski definition) is 1. The first-order valence-electron chi connectivity index (χ1n) is 7.87. The third-order valence-corrected chi connectivity index (χ3v) is 5.28. The number of fused-ring (bicyclic) bond motifs is 1. The van der Waals surface area contributed by atoms with Crippen molar-refractivity contribution in [1.82, 2.24) is 25.3 Å². The molecule has 1 saturated heterocycles. The lowest BCUT2D eigenvalue weighted by Crippen LogP contribution is -2.44. The molecule has 3 aromatic rings. The van der Waals surface area contributed by atoms with E-state index < -0.39 is 0 Å². The first-order chi connectivity index (χ1) is 11.3. The van der Waals surface area contributed by atoms with E-state index >= 15 is 0 Å². The van der Waals surface area contributed by atoms with Crippen LogP contribution in [0.4, 0.5) is 0 Å². The second-order valence-electron chi connectivity index (χ2n) is 5.82. The number of rotatable bonds is 4. The van der Waals surface area contributed by atoms with Gasteiger partial charge in [-0.15, -0.1) is 11.3 Å². The Bertz CT molecular complexity index is 765. The Balaban J connectivity index is 1.43. The molecule has 120 valence electrons. The summed E-state index contributed by atoms with van der Waals surface area (Å²) in [5, 5.41) is 8.65. The molecule has 0 saturated carbocycles. The van der Waals surface area contributed by atoms with Crippen LogP contribution in [0.3, 0.4) is 0 Å². The van der Waals surface area contributed by atoms with Gasteiger partial charge in [0.25, 0.3) is 0 Å². The van der Waals surface area contributed by atoms with E-state index in [-0.39, 0.29) is 6.04 Å². The van der Waals surface area contributed by atoms with E-state index in [1.807, 2.05) is 18.2 Å². The normalized spacial score (nSPS) is 19.4. The second kappa shape index (κ2) is 6.35. The number of para-hydroxylation sites is 1. The SMILES string of the molecule is CN1CCNCC1c1noc(CCc2nc3ccccc3s2)n1. The lowest BCUT2D eigenvalue weighted by Gasteiger charge is -2.30. The van der Waals surface area contributed by atoms with E-state index in [1.165, 1.54) is 4.70 Å². The molecular formula is C16H19N5OS. The molecule has 1 aliphatic rings. The number of nitrogens with zero attached hydrogens (tertiary/aromatic N) is 4. The number of nitrogens with one attached hydrogen (secondary N) is 1. The highest BCUT2D eigenvalue weighted by atomic mass is 32.1. The van der Waals surface area contributed by atoms with Crippen LogP contribution in [-0.4, -0.2) is 46.7 Å². The smallest absolute Gasteiger partial charge is 0.227 e. The van der Waals surface area contributed by atoms with Gasteiger partial charge >= 0.3 is 0 Å². The fourth-order valence-corrected chi connectivity index (χ4v) is 3.81. The molecule has 2 aromatic heterocycles. The fourth-order valence-electron chi connectivity index (χ4n) is 2.84. The van der Waals surface area contributed by atoms with Gasteiger partial charge in [-0.05, 0) is 19.2 Å². The van der Waals surface area contributed by atoms with Gasteiger partial charge in [-0.25, -0.2) is 4.98 Å². The zero-order valence-corrected chi connectivity index (χ0v) is 13.8. The summed E-state index contributed by atoms with van der Waals surface area (Å²) in [4.78, 5) is 11.5. The van der Waals surface area contributed by atoms with E-state index in [9.17, 15) is 0 Å². The van der Waals surface area contributed by atoms with Gasteiger partial charge in [-0.2, -0.15) is 4.98 Å². The summed E-state index contributed by atoms with van der Waals surface area (Å²) < 4.78 is 6.65. The number of piperazine rings is 1. The Morgan fingerprint density at radius 1 is 1.30 bits per heavy atom. The van der Waals surface area contributed by atoms with Crippen molar-refractivity contribution in [2.45, 2.75) is 18.9 Å². The van der Waals surface area contributed by atoms with Crippen LogP contribution in [0.5, 0.6) is 0 Å². The van der Waals surface area contributed by atoms with Gasteiger partial charge in [0.05, 0.1) is 21.3 Å². The van der Waals surface area contributed by atoms with Crippen LogP contribution in [0, 0.1) is 0 Å². The number of thiazole rings is 1. The van der Waals surface area contributed by atoms with Gasteiger partial charge in [0.15, 0.2) is 5.82 Å². The summed E-state index contributed by atoms with van der Waals surface area (Å²) in [6.07, 6.45) is 1.57. The molecule has 3 heterocycles. The van der Waals surface area contributed by atoms with Crippen molar-refractivity contribution in [2.24, 2.45) is 0 Å². The average molecular weight is 329 g/mol. The molecule has 4 rings (SSSR count). The van der Waals surface area contributed by atoms with E-state index in [2.05, 4.69) is 38.5 Å². The monoisotopic (exact) mass is 329 g/mol. The quantitative estimate of drug-likeness (QED) is 0.790. The molecule has 1 aromatic carbocycles. The molecule has 0 bridgehead atoms. The number of aryl methyl sites for hydroxylation is 2. The Kier molecular flexibility index (Phi) is 4.07. The molecular weight excluding hydrogens is 310 g/mol. The van der Waals surface area contributed by atoms with Gasteiger partial charge in [0.2, 0.25) is 5.89 Å². The minimum Gasteiger partial charge on any atom is -0.339 e. The van der Waals surface area contributed by atoms with Gasteiger partial charge < -0.3 is 9.84 Å². The van der Waals surface area contributed by atoms with E-state index in [0.29, 0.717) is 5.89 Å². The zero-order valence-electron chi connectivity index (χ0n) is 13.0. The number of hydrogen-bond acceptors (Lipinski definition) is 7. The highest BCUT2D eigenvalue weighted by Gasteiger charge is 2.25.